The first-order valence-corrected chi connectivity index (χ1v) is 8.78. The molecule has 0 saturated carbocycles. The number of rotatable bonds is 12. The van der Waals surface area contributed by atoms with Gasteiger partial charge in [-0.1, -0.05) is 6.58 Å². The Kier molecular flexibility index (Phi) is 9.15. The van der Waals surface area contributed by atoms with Gasteiger partial charge < -0.3 is 4.74 Å². The second-order valence-corrected chi connectivity index (χ2v) is 7.38. The summed E-state index contributed by atoms with van der Waals surface area (Å²) in [5.41, 5.74) is 0. The van der Waals surface area contributed by atoms with E-state index in [-0.39, 0.29) is 0 Å². The van der Waals surface area contributed by atoms with Crippen LogP contribution in [0, 0.1) is 0 Å². The molecule has 0 aromatic rings. The average molecular weight is 690 g/mol. The third-order valence-corrected chi connectivity index (χ3v) is 4.67. The number of halogens is 25. The van der Waals surface area contributed by atoms with Crippen LogP contribution in [0.1, 0.15) is 0 Å². The third-order valence-electron chi connectivity index (χ3n) is 4.67. The normalized spacial score (nSPS) is 16.4. The SMILES string of the molecule is C=CC(=O)OC(F)(F)C(F)(F)C(F)(F)C(F)(F)C(F)(F)C(F)(F)C(F)(F)C(F)(F)C(F)(F)C(F)(F)C(F)(F)C(F)(F)F. The van der Waals surface area contributed by atoms with Crippen LogP contribution in [0.5, 0.6) is 0 Å². The topological polar surface area (TPSA) is 26.3 Å². The van der Waals surface area contributed by atoms with Gasteiger partial charge in [0.2, 0.25) is 0 Å². The van der Waals surface area contributed by atoms with E-state index in [2.05, 4.69) is 11.3 Å². The van der Waals surface area contributed by atoms with Crippen molar-refractivity contribution in [3.63, 3.8) is 0 Å². The van der Waals surface area contributed by atoms with Crippen molar-refractivity contribution < 1.29 is 119 Å². The van der Waals surface area contributed by atoms with E-state index in [1.54, 1.807) is 0 Å². The second-order valence-electron chi connectivity index (χ2n) is 7.38. The van der Waals surface area contributed by atoms with Crippen molar-refractivity contribution in [2.45, 2.75) is 71.5 Å². The predicted molar refractivity (Wildman–Crippen MR) is 76.8 cm³/mol. The van der Waals surface area contributed by atoms with Crippen LogP contribution in [0.15, 0.2) is 12.7 Å². The largest absolute Gasteiger partial charge is 0.473 e. The molecule has 0 aliphatic heterocycles. The first-order chi connectivity index (χ1) is 17.7. The Morgan fingerprint density at radius 1 is 0.381 bits per heavy atom. The van der Waals surface area contributed by atoms with E-state index in [9.17, 15) is 115 Å². The highest BCUT2D eigenvalue weighted by Gasteiger charge is 2.99. The maximum absolute atomic E-state index is 13.6. The van der Waals surface area contributed by atoms with E-state index in [1.807, 2.05) is 0 Å². The highest BCUT2D eigenvalue weighted by molar-refractivity contribution is 5.81. The molecule has 0 unspecified atom stereocenters. The molecule has 0 N–H and O–H groups in total. The fraction of sp³-hybridized carbons (Fsp3) is 0.800. The molecule has 2 nitrogen and oxygen atoms in total. The van der Waals surface area contributed by atoms with E-state index < -0.39 is 83.6 Å². The second kappa shape index (κ2) is 9.73. The smallest absolute Gasteiger partial charge is 0.393 e. The Labute approximate surface area is 211 Å². The van der Waals surface area contributed by atoms with Crippen molar-refractivity contribution >= 4 is 5.97 Å². The first kappa shape index (κ1) is 39.5. The van der Waals surface area contributed by atoms with Gasteiger partial charge in [0.25, 0.3) is 0 Å². The minimum absolute atomic E-state index is 0.677. The van der Waals surface area contributed by atoms with Crippen LogP contribution in [0.25, 0.3) is 0 Å². The summed E-state index contributed by atoms with van der Waals surface area (Å²) < 4.78 is 332. The van der Waals surface area contributed by atoms with E-state index in [0.717, 1.165) is 0 Å². The molecule has 250 valence electrons. The quantitative estimate of drug-likeness (QED) is 0.117. The van der Waals surface area contributed by atoms with Crippen LogP contribution in [0.3, 0.4) is 0 Å². The maximum atomic E-state index is 13.6. The van der Waals surface area contributed by atoms with Crippen molar-refractivity contribution in [1.82, 2.24) is 0 Å². The lowest BCUT2D eigenvalue weighted by Gasteiger charge is -2.45. The molecule has 42 heavy (non-hydrogen) atoms. The number of carbonyl (C=O) groups is 1. The minimum Gasteiger partial charge on any atom is -0.393 e. The lowest BCUT2D eigenvalue weighted by molar-refractivity contribution is -0.487. The molecule has 0 saturated heterocycles. The first-order valence-electron chi connectivity index (χ1n) is 8.78. The molecular formula is C15H3F25O2. The van der Waals surface area contributed by atoms with E-state index in [4.69, 9.17) is 0 Å². The molecule has 0 aliphatic rings. The van der Waals surface area contributed by atoms with Crippen LogP contribution in [-0.2, 0) is 9.53 Å². The molecule has 0 amide bonds. The zero-order valence-corrected chi connectivity index (χ0v) is 18.1. The van der Waals surface area contributed by atoms with Crippen molar-refractivity contribution in [2.24, 2.45) is 0 Å². The highest BCUT2D eigenvalue weighted by Crippen LogP contribution is 2.67. The minimum atomic E-state index is -9.66. The van der Waals surface area contributed by atoms with Gasteiger partial charge in [0, 0.05) is 6.08 Å². The van der Waals surface area contributed by atoms with Crippen LogP contribution < -0.4 is 0 Å². The number of esters is 1. The predicted octanol–water partition coefficient (Wildman–Crippen LogP) is 8.22. The summed E-state index contributed by atoms with van der Waals surface area (Å²) in [5.74, 6) is -95.7. The summed E-state index contributed by atoms with van der Waals surface area (Å²) in [6, 6.07) is 0. The van der Waals surface area contributed by atoms with Gasteiger partial charge in [0.15, 0.2) is 0 Å². The van der Waals surface area contributed by atoms with Crippen molar-refractivity contribution in [3.8, 4) is 0 Å². The summed E-state index contributed by atoms with van der Waals surface area (Å²) in [6.07, 6.45) is -16.5. The summed E-state index contributed by atoms with van der Waals surface area (Å²) in [7, 11) is 0. The average Bonchev–Trinajstić information content (AvgIpc) is 2.76. The Hall–Kier alpha value is -2.54. The van der Waals surface area contributed by atoms with Crippen LogP contribution in [0.2, 0.25) is 0 Å². The van der Waals surface area contributed by atoms with Gasteiger partial charge in [-0.2, -0.15) is 110 Å². The van der Waals surface area contributed by atoms with E-state index >= 15 is 0 Å². The van der Waals surface area contributed by atoms with Gasteiger partial charge in [-0.3, -0.25) is 0 Å². The standard InChI is InChI=1S/C15H3F25O2/c1-2-3(41)42-15(39,40)13(34,35)11(30,31)9(26,27)7(22,23)5(18,19)4(16,17)6(20,21)8(24,25)10(28,29)12(32,33)14(36,37)38/h2H,1H2. The monoisotopic (exact) mass is 690 g/mol. The molecule has 0 atom stereocenters. The Balaban J connectivity index is 7.33. The van der Waals surface area contributed by atoms with Gasteiger partial charge in [0.05, 0.1) is 0 Å². The van der Waals surface area contributed by atoms with Crippen LogP contribution in [-0.4, -0.2) is 77.5 Å². The van der Waals surface area contributed by atoms with Crippen molar-refractivity contribution in [1.29, 1.82) is 0 Å². The van der Waals surface area contributed by atoms with Gasteiger partial charge in [-0.25, -0.2) is 4.79 Å². The molecule has 0 rings (SSSR count). The number of hydrogen-bond acceptors (Lipinski definition) is 2. The molecule has 0 heterocycles. The van der Waals surface area contributed by atoms with Gasteiger partial charge >= 0.3 is 77.5 Å². The van der Waals surface area contributed by atoms with Crippen LogP contribution >= 0.6 is 0 Å². The molecule has 0 spiro atoms. The Morgan fingerprint density at radius 3 is 0.762 bits per heavy atom. The summed E-state index contributed by atoms with van der Waals surface area (Å²) in [4.78, 5) is 10.5. The van der Waals surface area contributed by atoms with Crippen LogP contribution in [0.4, 0.5) is 110 Å². The number of ether oxygens (including phenoxy) is 1. The Morgan fingerprint density at radius 2 is 0.571 bits per heavy atom. The van der Waals surface area contributed by atoms with E-state index in [1.165, 1.54) is 0 Å². The Bertz CT molecular complexity index is 1030. The van der Waals surface area contributed by atoms with Crippen molar-refractivity contribution in [2.75, 3.05) is 0 Å². The fourth-order valence-corrected chi connectivity index (χ4v) is 2.17. The molecule has 0 fully saturated rings. The summed E-state index contributed by atoms with van der Waals surface area (Å²) >= 11 is 0. The molecule has 0 aromatic carbocycles. The number of hydrogen-bond donors (Lipinski definition) is 0. The van der Waals surface area contributed by atoms with Crippen molar-refractivity contribution in [3.05, 3.63) is 12.7 Å². The van der Waals surface area contributed by atoms with Gasteiger partial charge in [-0.05, 0) is 0 Å². The van der Waals surface area contributed by atoms with Gasteiger partial charge in [0.1, 0.15) is 0 Å². The molecule has 0 bridgehead atoms. The number of carbonyl (C=O) groups excluding carboxylic acids is 1. The fourth-order valence-electron chi connectivity index (χ4n) is 2.17. The highest BCUT2D eigenvalue weighted by atomic mass is 19.4. The molecular weight excluding hydrogens is 687 g/mol. The lowest BCUT2D eigenvalue weighted by atomic mass is 9.85. The molecule has 0 aromatic heterocycles. The number of alkyl halides is 25. The molecule has 27 heteroatoms. The molecule has 0 radical (unpaired) electrons. The summed E-state index contributed by atoms with van der Waals surface area (Å²) in [6.45, 7) is 2.14. The lowest BCUT2D eigenvalue weighted by Crippen LogP contribution is -2.78. The summed E-state index contributed by atoms with van der Waals surface area (Å²) in [5, 5.41) is 0. The zero-order chi connectivity index (χ0) is 35.0. The maximum Gasteiger partial charge on any atom is 0.473 e. The van der Waals surface area contributed by atoms with Gasteiger partial charge in [-0.15, -0.1) is 0 Å². The molecule has 0 aliphatic carbocycles. The third kappa shape index (κ3) is 4.65. The zero-order valence-electron chi connectivity index (χ0n) is 18.1. The van der Waals surface area contributed by atoms with E-state index in [0.29, 0.717) is 0 Å².